The van der Waals surface area contributed by atoms with Crippen LogP contribution in [0.15, 0.2) is 72.3 Å². The summed E-state index contributed by atoms with van der Waals surface area (Å²) >= 11 is 1.04. The fraction of sp³-hybridized carbons (Fsp3) is 0.200. The molecule has 220 valence electrons. The number of hydrogen-bond acceptors (Lipinski definition) is 3. The zero-order valence-corrected chi connectivity index (χ0v) is 22.5. The van der Waals surface area contributed by atoms with E-state index in [1.165, 1.54) is 12.1 Å². The fourth-order valence-corrected chi connectivity index (χ4v) is 5.50. The van der Waals surface area contributed by atoms with Crippen molar-refractivity contribution in [3.05, 3.63) is 101 Å². The topological polar surface area (TPSA) is 18.5 Å². The van der Waals surface area contributed by atoms with Crippen molar-refractivity contribution in [3.8, 4) is 27.3 Å². The lowest BCUT2D eigenvalue weighted by molar-refractivity contribution is -0.225. The third kappa shape index (κ3) is 5.23. The molecule has 12 heteroatoms. The zero-order valence-electron chi connectivity index (χ0n) is 21.7. The highest BCUT2D eigenvalue weighted by molar-refractivity contribution is 7.22. The van der Waals surface area contributed by atoms with E-state index in [0.29, 0.717) is 36.1 Å². The summed E-state index contributed by atoms with van der Waals surface area (Å²) in [6.45, 7) is 2.73. The summed E-state index contributed by atoms with van der Waals surface area (Å²) in [5, 5.41) is 0.286. The Bertz CT molecular complexity index is 1730. The molecule has 0 radical (unpaired) electrons. The molecule has 0 amide bonds. The van der Waals surface area contributed by atoms with E-state index in [-0.39, 0.29) is 33.5 Å². The van der Waals surface area contributed by atoms with Crippen molar-refractivity contribution in [2.45, 2.75) is 31.8 Å². The molecular weight excluding hydrogens is 595 g/mol. The molecule has 2 nitrogen and oxygen atoms in total. The maximum Gasteiger partial charge on any atom is 0.432 e. The molecule has 3 aromatic carbocycles. The van der Waals surface area contributed by atoms with Gasteiger partial charge in [-0.15, -0.1) is 11.3 Å². The number of hydrogen-bond donors (Lipinski definition) is 0. The van der Waals surface area contributed by atoms with E-state index in [1.807, 2.05) is 0 Å². The van der Waals surface area contributed by atoms with Crippen molar-refractivity contribution in [1.82, 2.24) is 0 Å². The predicted octanol–water partition coefficient (Wildman–Crippen LogP) is 10.1. The van der Waals surface area contributed by atoms with Gasteiger partial charge in [-0.05, 0) is 67.4 Å². The van der Waals surface area contributed by atoms with Crippen LogP contribution in [0.25, 0.3) is 31.7 Å². The monoisotopic (exact) mass is 614 g/mol. The first-order valence-corrected chi connectivity index (χ1v) is 13.2. The van der Waals surface area contributed by atoms with Crippen molar-refractivity contribution in [3.63, 3.8) is 0 Å². The summed E-state index contributed by atoms with van der Waals surface area (Å²) in [5.74, 6) is -7.76. The van der Waals surface area contributed by atoms with Gasteiger partial charge in [-0.25, -0.2) is 30.7 Å². The average molecular weight is 615 g/mol. The van der Waals surface area contributed by atoms with Crippen LogP contribution in [0.3, 0.4) is 0 Å². The summed E-state index contributed by atoms with van der Waals surface area (Å²) in [6.07, 6.45) is -7.15. The van der Waals surface area contributed by atoms with E-state index in [1.54, 1.807) is 19.1 Å². The van der Waals surface area contributed by atoms with Gasteiger partial charge < -0.3 is 9.47 Å². The average Bonchev–Trinajstić information content (AvgIpc) is 3.22. The van der Waals surface area contributed by atoms with Gasteiger partial charge in [-0.1, -0.05) is 12.1 Å². The lowest BCUT2D eigenvalue weighted by atomic mass is 9.95. The van der Waals surface area contributed by atoms with Crippen LogP contribution in [0.2, 0.25) is 0 Å². The lowest BCUT2D eigenvalue weighted by Crippen LogP contribution is -2.34. The van der Waals surface area contributed by atoms with Crippen molar-refractivity contribution >= 4 is 21.4 Å². The molecule has 0 saturated carbocycles. The van der Waals surface area contributed by atoms with Crippen LogP contribution >= 0.6 is 11.3 Å². The van der Waals surface area contributed by atoms with Gasteiger partial charge in [0.05, 0.1) is 11.5 Å². The molecule has 2 unspecified atom stereocenters. The van der Waals surface area contributed by atoms with Gasteiger partial charge in [0, 0.05) is 21.7 Å². The molecule has 1 aliphatic carbocycles. The molecule has 1 aliphatic rings. The van der Waals surface area contributed by atoms with Gasteiger partial charge in [0.1, 0.15) is 46.2 Å². The normalized spacial score (nSPS) is 19.1. The maximum absolute atomic E-state index is 15.1. The van der Waals surface area contributed by atoms with Crippen LogP contribution in [0.5, 0.6) is 5.75 Å². The molecule has 0 spiro atoms. The Balaban J connectivity index is 1.45. The van der Waals surface area contributed by atoms with E-state index in [9.17, 15) is 30.7 Å². The number of thiophene rings is 1. The molecule has 1 aromatic heterocycles. The standard InChI is InChI=1S/C30H19F9O2S/c1-3-40-16-5-7-19-23(11-16)42-28(27(19)36)14-4-6-18(20(31)8-14)15-9-21(32)26(22(33)10-15)30(38,39)41-17-12-24(34)29(2,37)25(35)13-17/h4-13,24H,3H2,1-2H3. The van der Waals surface area contributed by atoms with Crippen LogP contribution in [0.4, 0.5) is 39.5 Å². The summed E-state index contributed by atoms with van der Waals surface area (Å²) in [4.78, 5) is 0.0969. The van der Waals surface area contributed by atoms with Crippen LogP contribution in [-0.4, -0.2) is 18.4 Å². The molecule has 5 rings (SSSR count). The zero-order chi connectivity index (χ0) is 30.6. The third-order valence-electron chi connectivity index (χ3n) is 6.60. The molecule has 2 atom stereocenters. The number of rotatable bonds is 7. The Kier molecular flexibility index (Phi) is 7.55. The molecule has 0 N–H and O–H groups in total. The Hall–Kier alpha value is -3.93. The van der Waals surface area contributed by atoms with Crippen molar-refractivity contribution in [2.75, 3.05) is 6.61 Å². The molecule has 0 fully saturated rings. The lowest BCUT2D eigenvalue weighted by Gasteiger charge is -2.27. The summed E-state index contributed by atoms with van der Waals surface area (Å²) in [7, 11) is 0. The molecule has 1 heterocycles. The highest BCUT2D eigenvalue weighted by Crippen LogP contribution is 2.43. The number of benzene rings is 3. The second-order valence-corrected chi connectivity index (χ2v) is 10.6. The molecule has 42 heavy (non-hydrogen) atoms. The maximum atomic E-state index is 15.1. The molecule has 0 saturated heterocycles. The van der Waals surface area contributed by atoms with E-state index in [4.69, 9.17) is 4.74 Å². The Morgan fingerprint density at radius 1 is 0.905 bits per heavy atom. The van der Waals surface area contributed by atoms with E-state index in [0.717, 1.165) is 23.5 Å². The molecule has 0 bridgehead atoms. The van der Waals surface area contributed by atoms with Crippen molar-refractivity contribution in [2.24, 2.45) is 0 Å². The van der Waals surface area contributed by atoms with Gasteiger partial charge in [0.15, 0.2) is 11.8 Å². The first-order valence-electron chi connectivity index (χ1n) is 12.4. The largest absolute Gasteiger partial charge is 0.494 e. The number of fused-ring (bicyclic) bond motifs is 1. The molecule has 4 aromatic rings. The molecule has 0 aliphatic heterocycles. The van der Waals surface area contributed by atoms with Crippen LogP contribution in [-0.2, 0) is 10.8 Å². The van der Waals surface area contributed by atoms with Gasteiger partial charge in [0.2, 0.25) is 0 Å². The number of halogens is 9. The van der Waals surface area contributed by atoms with E-state index >= 15 is 8.78 Å². The van der Waals surface area contributed by atoms with Crippen molar-refractivity contribution < 1.29 is 49.0 Å². The van der Waals surface area contributed by atoms with Crippen molar-refractivity contribution in [1.29, 1.82) is 0 Å². The van der Waals surface area contributed by atoms with E-state index in [2.05, 4.69) is 4.74 Å². The number of allylic oxidation sites excluding steroid dienone is 3. The predicted molar refractivity (Wildman–Crippen MR) is 140 cm³/mol. The second kappa shape index (κ2) is 10.7. The first-order chi connectivity index (χ1) is 19.7. The summed E-state index contributed by atoms with van der Waals surface area (Å²) in [5.41, 5.74) is -5.76. The summed E-state index contributed by atoms with van der Waals surface area (Å²) in [6, 6.07) is 8.96. The van der Waals surface area contributed by atoms with Gasteiger partial charge in [-0.2, -0.15) is 8.78 Å². The Morgan fingerprint density at radius 3 is 2.19 bits per heavy atom. The number of ether oxygens (including phenoxy) is 2. The third-order valence-corrected chi connectivity index (χ3v) is 7.77. The van der Waals surface area contributed by atoms with Gasteiger partial charge >= 0.3 is 6.11 Å². The van der Waals surface area contributed by atoms with Gasteiger partial charge in [0.25, 0.3) is 0 Å². The smallest absolute Gasteiger partial charge is 0.432 e. The fourth-order valence-electron chi connectivity index (χ4n) is 4.39. The SMILES string of the molecule is CCOc1ccc2c(F)c(-c3ccc(-c4cc(F)c(C(F)(F)OC5=CC(F)C(C)(F)C(F)=C5)c(F)c4)c(F)c3)sc2c1. The van der Waals surface area contributed by atoms with Crippen LogP contribution in [0.1, 0.15) is 19.4 Å². The number of alkyl halides is 4. The van der Waals surface area contributed by atoms with Gasteiger partial charge in [-0.3, -0.25) is 0 Å². The minimum Gasteiger partial charge on any atom is -0.494 e. The highest BCUT2D eigenvalue weighted by Gasteiger charge is 2.46. The minimum absolute atomic E-state index is 0.0969. The minimum atomic E-state index is -4.79. The van der Waals surface area contributed by atoms with Crippen LogP contribution in [0, 0.1) is 23.3 Å². The van der Waals surface area contributed by atoms with Crippen LogP contribution < -0.4 is 4.74 Å². The molecular formula is C30H19F9O2S. The Labute approximate surface area is 237 Å². The highest BCUT2D eigenvalue weighted by atomic mass is 32.1. The Morgan fingerprint density at radius 2 is 1.57 bits per heavy atom. The first kappa shape index (κ1) is 29.6. The van der Waals surface area contributed by atoms with E-state index < -0.39 is 63.9 Å². The second-order valence-electron chi connectivity index (χ2n) is 9.50. The summed E-state index contributed by atoms with van der Waals surface area (Å²) < 4.78 is 141. The quantitative estimate of drug-likeness (QED) is 0.193.